The van der Waals surface area contributed by atoms with Crippen molar-refractivity contribution in [3.05, 3.63) is 15.6 Å². The van der Waals surface area contributed by atoms with Gasteiger partial charge < -0.3 is 5.32 Å². The zero-order chi connectivity index (χ0) is 10.8. The number of aliphatic imine (C=N–C) groups is 1. The summed E-state index contributed by atoms with van der Waals surface area (Å²) in [6, 6.07) is 0.341. The van der Waals surface area contributed by atoms with E-state index in [1.54, 1.807) is 11.3 Å². The molecule has 0 bridgehead atoms. The van der Waals surface area contributed by atoms with Crippen molar-refractivity contribution >= 4 is 17.2 Å². The Bertz CT molecular complexity index is 381. The fraction of sp³-hybridized carbons (Fsp3) is 0.636. The average Bonchev–Trinajstić information content (AvgIpc) is 2.75. The normalized spacial score (nSPS) is 17.7. The predicted molar refractivity (Wildman–Crippen MR) is 64.7 cm³/mol. The van der Waals surface area contributed by atoms with Gasteiger partial charge in [-0.15, -0.1) is 11.3 Å². The minimum Gasteiger partial charge on any atom is -0.366 e. The van der Waals surface area contributed by atoms with E-state index < -0.39 is 0 Å². The van der Waals surface area contributed by atoms with E-state index in [1.807, 2.05) is 0 Å². The second-order valence-electron chi connectivity index (χ2n) is 3.98. The van der Waals surface area contributed by atoms with Crippen molar-refractivity contribution in [1.82, 2.24) is 10.3 Å². The first kappa shape index (κ1) is 10.6. The van der Waals surface area contributed by atoms with Crippen LogP contribution in [0.1, 0.15) is 41.4 Å². The Morgan fingerprint density at radius 2 is 2.20 bits per heavy atom. The van der Waals surface area contributed by atoms with Crippen LogP contribution in [-0.2, 0) is 0 Å². The maximum Gasteiger partial charge on any atom is 0.0968 e. The monoisotopic (exact) mass is 223 g/mol. The van der Waals surface area contributed by atoms with Crippen LogP contribution in [0.15, 0.2) is 4.99 Å². The molecular formula is C11H17N3S. The Hall–Kier alpha value is -0.900. The van der Waals surface area contributed by atoms with E-state index >= 15 is 0 Å². The fourth-order valence-electron chi connectivity index (χ4n) is 1.92. The molecule has 1 unspecified atom stereocenters. The minimum absolute atomic E-state index is 0.341. The van der Waals surface area contributed by atoms with E-state index in [1.165, 1.54) is 11.3 Å². The largest absolute Gasteiger partial charge is 0.366 e. The molecule has 1 atom stereocenters. The van der Waals surface area contributed by atoms with Crippen molar-refractivity contribution in [1.29, 1.82) is 0 Å². The van der Waals surface area contributed by atoms with Crippen LogP contribution in [0, 0.1) is 13.8 Å². The number of amidine groups is 1. The molecule has 2 rings (SSSR count). The molecular weight excluding hydrogens is 206 g/mol. The first-order valence-corrected chi connectivity index (χ1v) is 6.22. The highest BCUT2D eigenvalue weighted by Crippen LogP contribution is 2.24. The molecule has 0 aliphatic carbocycles. The lowest BCUT2D eigenvalue weighted by Crippen LogP contribution is -2.24. The highest BCUT2D eigenvalue weighted by atomic mass is 32.1. The summed E-state index contributed by atoms with van der Waals surface area (Å²) in [6.07, 6.45) is 2.29. The van der Waals surface area contributed by atoms with Gasteiger partial charge in [-0.3, -0.25) is 4.99 Å². The van der Waals surface area contributed by atoms with Crippen molar-refractivity contribution in [2.75, 3.05) is 6.54 Å². The van der Waals surface area contributed by atoms with Crippen LogP contribution in [0.3, 0.4) is 0 Å². The lowest BCUT2D eigenvalue weighted by Gasteiger charge is -2.13. The molecule has 0 saturated carbocycles. The summed E-state index contributed by atoms with van der Waals surface area (Å²) in [5, 5.41) is 4.61. The first-order chi connectivity index (χ1) is 7.16. The fourth-order valence-corrected chi connectivity index (χ4v) is 2.85. The quantitative estimate of drug-likeness (QED) is 0.836. The lowest BCUT2D eigenvalue weighted by atomic mass is 10.2. The molecule has 0 fully saturated rings. The van der Waals surface area contributed by atoms with Crippen LogP contribution in [0.25, 0.3) is 0 Å². The molecule has 82 valence electrons. The van der Waals surface area contributed by atoms with Crippen molar-refractivity contribution in [2.45, 2.75) is 39.7 Å². The Balaban J connectivity index is 2.07. The minimum atomic E-state index is 0.341. The van der Waals surface area contributed by atoms with Crippen molar-refractivity contribution in [2.24, 2.45) is 4.99 Å². The van der Waals surface area contributed by atoms with Gasteiger partial charge in [-0.25, -0.2) is 4.98 Å². The summed E-state index contributed by atoms with van der Waals surface area (Å²) in [4.78, 5) is 10.2. The number of aromatic nitrogens is 1. The number of rotatable bonds is 2. The van der Waals surface area contributed by atoms with E-state index in [0.717, 1.165) is 29.5 Å². The standard InChI is InChI=1S/C11H17N3S/c1-7-11(15-9(3)13-7)8(2)14-10-5-4-6-12-10/h8H,4-6H2,1-3H3,(H,12,14). The van der Waals surface area contributed by atoms with Gasteiger partial charge in [0.2, 0.25) is 0 Å². The molecule has 0 spiro atoms. The summed E-state index contributed by atoms with van der Waals surface area (Å²) in [7, 11) is 0. The molecule has 3 nitrogen and oxygen atoms in total. The second kappa shape index (κ2) is 4.31. The van der Waals surface area contributed by atoms with Gasteiger partial charge in [0, 0.05) is 17.8 Å². The Morgan fingerprint density at radius 3 is 2.73 bits per heavy atom. The second-order valence-corrected chi connectivity index (χ2v) is 5.22. The summed E-state index contributed by atoms with van der Waals surface area (Å²) < 4.78 is 0. The SMILES string of the molecule is Cc1nc(C)c(C(C)NC2=NCCC2)s1. The highest BCUT2D eigenvalue weighted by Gasteiger charge is 2.15. The third-order valence-corrected chi connectivity index (χ3v) is 3.85. The Morgan fingerprint density at radius 1 is 1.40 bits per heavy atom. The van der Waals surface area contributed by atoms with E-state index in [9.17, 15) is 0 Å². The van der Waals surface area contributed by atoms with Gasteiger partial charge in [0.15, 0.2) is 0 Å². The average molecular weight is 223 g/mol. The van der Waals surface area contributed by atoms with Crippen LogP contribution in [-0.4, -0.2) is 17.4 Å². The van der Waals surface area contributed by atoms with Crippen molar-refractivity contribution in [3.8, 4) is 0 Å². The topological polar surface area (TPSA) is 37.3 Å². The van der Waals surface area contributed by atoms with E-state index in [0.29, 0.717) is 6.04 Å². The van der Waals surface area contributed by atoms with E-state index in [4.69, 9.17) is 0 Å². The van der Waals surface area contributed by atoms with Crippen LogP contribution in [0.4, 0.5) is 0 Å². The van der Waals surface area contributed by atoms with Gasteiger partial charge in [-0.1, -0.05) is 0 Å². The Labute approximate surface area is 94.7 Å². The molecule has 0 radical (unpaired) electrons. The molecule has 0 aromatic carbocycles. The van der Waals surface area contributed by atoms with Gasteiger partial charge in [-0.2, -0.15) is 0 Å². The molecule has 0 amide bonds. The molecule has 15 heavy (non-hydrogen) atoms. The molecule has 1 aliphatic rings. The Kier molecular flexibility index (Phi) is 3.05. The smallest absolute Gasteiger partial charge is 0.0968 e. The van der Waals surface area contributed by atoms with Crippen LogP contribution >= 0.6 is 11.3 Å². The van der Waals surface area contributed by atoms with Gasteiger partial charge in [0.05, 0.1) is 22.6 Å². The number of aryl methyl sites for hydroxylation is 2. The van der Waals surface area contributed by atoms with Crippen LogP contribution < -0.4 is 5.32 Å². The molecule has 1 aromatic heterocycles. The van der Waals surface area contributed by atoms with Gasteiger partial charge >= 0.3 is 0 Å². The number of hydrogen-bond acceptors (Lipinski definition) is 4. The molecule has 1 N–H and O–H groups in total. The van der Waals surface area contributed by atoms with Crippen LogP contribution in [0.5, 0.6) is 0 Å². The maximum atomic E-state index is 4.45. The molecule has 2 heterocycles. The predicted octanol–water partition coefficient (Wildman–Crippen LogP) is 2.60. The summed E-state index contributed by atoms with van der Waals surface area (Å²) >= 11 is 1.78. The summed E-state index contributed by atoms with van der Waals surface area (Å²) in [6.45, 7) is 7.30. The molecule has 0 saturated heterocycles. The number of nitrogens with one attached hydrogen (secondary N) is 1. The van der Waals surface area contributed by atoms with Crippen molar-refractivity contribution in [3.63, 3.8) is 0 Å². The number of nitrogens with zero attached hydrogens (tertiary/aromatic N) is 2. The van der Waals surface area contributed by atoms with Crippen molar-refractivity contribution < 1.29 is 0 Å². The van der Waals surface area contributed by atoms with Crippen LogP contribution in [0.2, 0.25) is 0 Å². The van der Waals surface area contributed by atoms with Gasteiger partial charge in [0.1, 0.15) is 0 Å². The molecule has 1 aliphatic heterocycles. The summed E-state index contributed by atoms with van der Waals surface area (Å²) in [5.41, 5.74) is 1.15. The van der Waals surface area contributed by atoms with Gasteiger partial charge in [0.25, 0.3) is 0 Å². The van der Waals surface area contributed by atoms with E-state index in [-0.39, 0.29) is 0 Å². The summed E-state index contributed by atoms with van der Waals surface area (Å²) in [5.74, 6) is 1.16. The lowest BCUT2D eigenvalue weighted by molar-refractivity contribution is 0.716. The van der Waals surface area contributed by atoms with Gasteiger partial charge in [-0.05, 0) is 27.2 Å². The molecule has 4 heteroatoms. The maximum absolute atomic E-state index is 4.45. The zero-order valence-corrected chi connectivity index (χ0v) is 10.3. The third kappa shape index (κ3) is 2.37. The molecule has 1 aromatic rings. The third-order valence-electron chi connectivity index (χ3n) is 2.59. The number of thiazole rings is 1. The zero-order valence-electron chi connectivity index (χ0n) is 9.50. The van der Waals surface area contributed by atoms with E-state index in [2.05, 4.69) is 36.1 Å². The highest BCUT2D eigenvalue weighted by molar-refractivity contribution is 7.11. The number of hydrogen-bond donors (Lipinski definition) is 1. The first-order valence-electron chi connectivity index (χ1n) is 5.40.